The third-order valence-electron chi connectivity index (χ3n) is 2.28. The van der Waals surface area contributed by atoms with Crippen molar-refractivity contribution in [3.05, 3.63) is 0 Å². The molecule has 1 aliphatic carbocycles. The van der Waals surface area contributed by atoms with Crippen LogP contribution in [-0.2, 0) is 0 Å². The number of hydrazine groups is 1. The summed E-state index contributed by atoms with van der Waals surface area (Å²) >= 11 is 0. The Morgan fingerprint density at radius 3 is 1.91 bits per heavy atom. The molecule has 1 aliphatic rings. The van der Waals surface area contributed by atoms with Gasteiger partial charge in [-0.2, -0.15) is 13.2 Å². The van der Waals surface area contributed by atoms with Crippen LogP contribution in [0.15, 0.2) is 0 Å². The molecule has 5 heteroatoms. The topological polar surface area (TPSA) is 38.0 Å². The van der Waals surface area contributed by atoms with Gasteiger partial charge in [0.1, 0.15) is 5.54 Å². The van der Waals surface area contributed by atoms with Gasteiger partial charge in [0.2, 0.25) is 0 Å². The van der Waals surface area contributed by atoms with Crippen LogP contribution >= 0.6 is 0 Å². The molecular formula is C6H11F3N2. The zero-order chi connectivity index (χ0) is 8.70. The van der Waals surface area contributed by atoms with Crippen LogP contribution in [0.25, 0.3) is 0 Å². The Morgan fingerprint density at radius 1 is 1.36 bits per heavy atom. The SMILES string of the molecule is CC(NN)(C1CC1)C(F)(F)F. The van der Waals surface area contributed by atoms with Crippen molar-refractivity contribution in [3.63, 3.8) is 0 Å². The molecule has 1 fully saturated rings. The predicted octanol–water partition coefficient (Wildman–Crippen LogP) is 1.18. The molecule has 0 bridgehead atoms. The molecule has 11 heavy (non-hydrogen) atoms. The number of hydrogen-bond donors (Lipinski definition) is 2. The van der Waals surface area contributed by atoms with Crippen molar-refractivity contribution < 1.29 is 13.2 Å². The van der Waals surface area contributed by atoms with Crippen molar-refractivity contribution in [2.45, 2.75) is 31.5 Å². The van der Waals surface area contributed by atoms with E-state index in [9.17, 15) is 13.2 Å². The van der Waals surface area contributed by atoms with E-state index in [1.807, 2.05) is 5.43 Å². The zero-order valence-corrected chi connectivity index (χ0v) is 6.20. The molecule has 1 saturated carbocycles. The second kappa shape index (κ2) is 2.35. The molecule has 0 radical (unpaired) electrons. The Balaban J connectivity index is 2.73. The van der Waals surface area contributed by atoms with Crippen LogP contribution < -0.4 is 11.3 Å². The van der Waals surface area contributed by atoms with Gasteiger partial charge in [-0.15, -0.1) is 0 Å². The molecule has 1 rings (SSSR count). The Morgan fingerprint density at radius 2 is 1.82 bits per heavy atom. The zero-order valence-electron chi connectivity index (χ0n) is 6.20. The van der Waals surface area contributed by atoms with E-state index in [-0.39, 0.29) is 5.92 Å². The van der Waals surface area contributed by atoms with Crippen molar-refractivity contribution in [1.29, 1.82) is 0 Å². The van der Waals surface area contributed by atoms with E-state index in [0.717, 1.165) is 6.92 Å². The minimum absolute atomic E-state index is 0.340. The van der Waals surface area contributed by atoms with Crippen LogP contribution in [0.1, 0.15) is 19.8 Å². The fourth-order valence-corrected chi connectivity index (χ4v) is 1.09. The monoisotopic (exact) mass is 168 g/mol. The second-order valence-electron chi connectivity index (χ2n) is 3.12. The van der Waals surface area contributed by atoms with E-state index in [1.54, 1.807) is 0 Å². The Hall–Kier alpha value is -0.290. The first kappa shape index (κ1) is 8.80. The maximum atomic E-state index is 12.3. The lowest BCUT2D eigenvalue weighted by atomic mass is 9.96. The highest BCUT2D eigenvalue weighted by Gasteiger charge is 2.58. The van der Waals surface area contributed by atoms with Gasteiger partial charge in [-0.25, -0.2) is 5.43 Å². The molecule has 66 valence electrons. The normalized spacial score (nSPS) is 24.8. The molecule has 0 aromatic heterocycles. The van der Waals surface area contributed by atoms with Gasteiger partial charge < -0.3 is 0 Å². The smallest absolute Gasteiger partial charge is 0.271 e. The lowest BCUT2D eigenvalue weighted by molar-refractivity contribution is -0.198. The van der Waals surface area contributed by atoms with Crippen molar-refractivity contribution in [3.8, 4) is 0 Å². The molecule has 0 amide bonds. The van der Waals surface area contributed by atoms with Crippen LogP contribution in [0, 0.1) is 5.92 Å². The van der Waals surface area contributed by atoms with Crippen molar-refractivity contribution >= 4 is 0 Å². The lowest BCUT2D eigenvalue weighted by Gasteiger charge is -2.31. The molecule has 3 N–H and O–H groups in total. The summed E-state index contributed by atoms with van der Waals surface area (Å²) in [6, 6.07) is 0. The van der Waals surface area contributed by atoms with E-state index >= 15 is 0 Å². The summed E-state index contributed by atoms with van der Waals surface area (Å²) in [5, 5.41) is 0. The summed E-state index contributed by atoms with van der Waals surface area (Å²) < 4.78 is 36.8. The highest BCUT2D eigenvalue weighted by molar-refractivity contribution is 5.01. The summed E-state index contributed by atoms with van der Waals surface area (Å²) in [5.41, 5.74) is -0.0266. The summed E-state index contributed by atoms with van der Waals surface area (Å²) in [4.78, 5) is 0. The van der Waals surface area contributed by atoms with Crippen LogP contribution in [0.3, 0.4) is 0 Å². The van der Waals surface area contributed by atoms with Gasteiger partial charge in [-0.3, -0.25) is 5.84 Å². The molecule has 0 spiro atoms. The van der Waals surface area contributed by atoms with Crippen LogP contribution in [0.2, 0.25) is 0 Å². The molecule has 0 heterocycles. The standard InChI is InChI=1S/C6H11F3N2/c1-5(11-10,4-2-3-4)6(7,8)9/h4,11H,2-3,10H2,1H3. The highest BCUT2D eigenvalue weighted by atomic mass is 19.4. The largest absolute Gasteiger partial charge is 0.407 e. The van der Waals surface area contributed by atoms with Gasteiger partial charge in [0, 0.05) is 0 Å². The maximum absolute atomic E-state index is 12.3. The molecule has 1 unspecified atom stereocenters. The highest BCUT2D eigenvalue weighted by Crippen LogP contribution is 2.47. The number of alkyl halides is 3. The molecule has 0 aromatic carbocycles. The van der Waals surface area contributed by atoms with E-state index in [2.05, 4.69) is 0 Å². The fraction of sp³-hybridized carbons (Fsp3) is 1.00. The number of halogens is 3. The third-order valence-corrected chi connectivity index (χ3v) is 2.28. The summed E-state index contributed by atoms with van der Waals surface area (Å²) in [6.45, 7) is 1.10. The molecule has 1 atom stereocenters. The maximum Gasteiger partial charge on any atom is 0.407 e. The average molecular weight is 168 g/mol. The van der Waals surface area contributed by atoms with Crippen LogP contribution in [0.5, 0.6) is 0 Å². The van der Waals surface area contributed by atoms with Gasteiger partial charge >= 0.3 is 6.18 Å². The van der Waals surface area contributed by atoms with Crippen LogP contribution in [0.4, 0.5) is 13.2 Å². The minimum atomic E-state index is -4.25. The lowest BCUT2D eigenvalue weighted by Crippen LogP contribution is -2.59. The number of hydrogen-bond acceptors (Lipinski definition) is 2. The molecule has 0 aromatic rings. The van der Waals surface area contributed by atoms with Gasteiger partial charge in [-0.1, -0.05) is 0 Å². The van der Waals surface area contributed by atoms with E-state index in [4.69, 9.17) is 5.84 Å². The second-order valence-corrected chi connectivity index (χ2v) is 3.12. The van der Waals surface area contributed by atoms with Gasteiger partial charge in [-0.05, 0) is 25.7 Å². The van der Waals surface area contributed by atoms with Gasteiger partial charge in [0.15, 0.2) is 0 Å². The van der Waals surface area contributed by atoms with E-state index in [0.29, 0.717) is 12.8 Å². The first-order chi connectivity index (χ1) is 4.92. The van der Waals surface area contributed by atoms with Crippen molar-refractivity contribution in [1.82, 2.24) is 5.43 Å². The van der Waals surface area contributed by atoms with Crippen molar-refractivity contribution in [2.75, 3.05) is 0 Å². The Labute approximate surface area is 62.9 Å². The molecule has 0 aliphatic heterocycles. The number of nitrogens with two attached hydrogens (primary N) is 1. The first-order valence-corrected chi connectivity index (χ1v) is 3.46. The molecular weight excluding hydrogens is 157 g/mol. The van der Waals surface area contributed by atoms with Gasteiger partial charge in [0.05, 0.1) is 0 Å². The fourth-order valence-electron chi connectivity index (χ4n) is 1.09. The number of rotatable bonds is 2. The summed E-state index contributed by atoms with van der Waals surface area (Å²) in [6.07, 6.45) is -3.02. The quantitative estimate of drug-likeness (QED) is 0.480. The van der Waals surface area contributed by atoms with E-state index < -0.39 is 11.7 Å². The third kappa shape index (κ3) is 1.35. The van der Waals surface area contributed by atoms with Crippen LogP contribution in [-0.4, -0.2) is 11.7 Å². The van der Waals surface area contributed by atoms with Crippen molar-refractivity contribution in [2.24, 2.45) is 11.8 Å². The predicted molar refractivity (Wildman–Crippen MR) is 34.5 cm³/mol. The Bertz CT molecular complexity index is 152. The summed E-state index contributed by atoms with van der Waals surface area (Å²) in [5.74, 6) is 4.52. The minimum Gasteiger partial charge on any atom is -0.271 e. The average Bonchev–Trinajstić information content (AvgIpc) is 2.64. The van der Waals surface area contributed by atoms with E-state index in [1.165, 1.54) is 0 Å². The molecule has 2 nitrogen and oxygen atoms in total. The summed E-state index contributed by atoms with van der Waals surface area (Å²) in [7, 11) is 0. The Kier molecular flexibility index (Phi) is 1.88. The first-order valence-electron chi connectivity index (χ1n) is 3.46. The van der Waals surface area contributed by atoms with Gasteiger partial charge in [0.25, 0.3) is 0 Å². The number of nitrogens with one attached hydrogen (secondary N) is 1. The molecule has 0 saturated heterocycles.